The summed E-state index contributed by atoms with van der Waals surface area (Å²) in [5, 5.41) is 15.5. The average Bonchev–Trinajstić information content (AvgIpc) is 3.18. The van der Waals surface area contributed by atoms with E-state index in [-0.39, 0.29) is 11.4 Å². The number of aryl methyl sites for hydroxylation is 2. The predicted octanol–water partition coefficient (Wildman–Crippen LogP) is 4.69. The van der Waals surface area contributed by atoms with Crippen LogP contribution in [0.3, 0.4) is 0 Å². The van der Waals surface area contributed by atoms with Crippen LogP contribution in [0.25, 0.3) is 6.08 Å². The van der Waals surface area contributed by atoms with Gasteiger partial charge in [0.15, 0.2) is 5.82 Å². The molecule has 0 bridgehead atoms. The van der Waals surface area contributed by atoms with Gasteiger partial charge in [-0.1, -0.05) is 35.0 Å². The molecule has 0 unspecified atom stereocenters. The first kappa shape index (κ1) is 21.7. The highest BCUT2D eigenvalue weighted by molar-refractivity contribution is 6.09. The highest BCUT2D eigenvalue weighted by Crippen LogP contribution is 2.16. The summed E-state index contributed by atoms with van der Waals surface area (Å²) < 4.78 is 16.3. The van der Waals surface area contributed by atoms with E-state index in [4.69, 9.17) is 14.0 Å². The Bertz CT molecular complexity index is 1080. The maximum atomic E-state index is 12.2. The largest absolute Gasteiger partial charge is 0.493 e. The molecule has 0 aliphatic heterocycles. The number of carbonyl (C=O) groups is 1. The van der Waals surface area contributed by atoms with Crippen molar-refractivity contribution in [3.63, 3.8) is 0 Å². The van der Waals surface area contributed by atoms with Crippen LogP contribution in [0.5, 0.6) is 11.5 Å². The highest BCUT2D eigenvalue weighted by atomic mass is 16.5. The van der Waals surface area contributed by atoms with Crippen molar-refractivity contribution in [3.8, 4) is 17.6 Å². The quantitative estimate of drug-likeness (QED) is 0.308. The van der Waals surface area contributed by atoms with E-state index in [1.165, 1.54) is 11.6 Å². The van der Waals surface area contributed by atoms with Gasteiger partial charge >= 0.3 is 0 Å². The zero-order valence-electron chi connectivity index (χ0n) is 17.4. The number of hydrogen-bond acceptors (Lipinski definition) is 6. The van der Waals surface area contributed by atoms with Crippen LogP contribution in [0.15, 0.2) is 64.7 Å². The molecule has 158 valence electrons. The first-order valence-corrected chi connectivity index (χ1v) is 9.82. The molecule has 0 aliphatic carbocycles. The molecule has 0 aliphatic rings. The molecular weight excluding hydrogens is 394 g/mol. The SMILES string of the molecule is Cc1ccc(OCCCOc2ccc(/C=C(/C#N)C(=O)Nc3cc(C)on3)cc2)cc1. The number of nitrogens with one attached hydrogen (secondary N) is 1. The minimum atomic E-state index is -0.551. The molecule has 1 heterocycles. The summed E-state index contributed by atoms with van der Waals surface area (Å²) in [4.78, 5) is 12.2. The van der Waals surface area contributed by atoms with Crippen LogP contribution in [0.1, 0.15) is 23.3 Å². The molecule has 31 heavy (non-hydrogen) atoms. The van der Waals surface area contributed by atoms with Crippen LogP contribution < -0.4 is 14.8 Å². The number of hydrogen-bond donors (Lipinski definition) is 1. The van der Waals surface area contributed by atoms with Crippen LogP contribution in [0, 0.1) is 25.2 Å². The highest BCUT2D eigenvalue weighted by Gasteiger charge is 2.11. The predicted molar refractivity (Wildman–Crippen MR) is 117 cm³/mol. The van der Waals surface area contributed by atoms with E-state index >= 15 is 0 Å². The lowest BCUT2D eigenvalue weighted by atomic mass is 10.1. The second kappa shape index (κ2) is 10.6. The fourth-order valence-corrected chi connectivity index (χ4v) is 2.66. The Hall–Kier alpha value is -4.05. The second-order valence-electron chi connectivity index (χ2n) is 6.88. The molecule has 3 aromatic rings. The second-order valence-corrected chi connectivity index (χ2v) is 6.88. The third-order valence-corrected chi connectivity index (χ3v) is 4.27. The topological polar surface area (TPSA) is 97.4 Å². The number of nitrogens with zero attached hydrogens (tertiary/aromatic N) is 2. The third-order valence-electron chi connectivity index (χ3n) is 4.27. The molecule has 1 aromatic heterocycles. The van der Waals surface area contributed by atoms with Gasteiger partial charge in [0.1, 0.15) is 28.9 Å². The van der Waals surface area contributed by atoms with Crippen LogP contribution in [-0.4, -0.2) is 24.3 Å². The minimum absolute atomic E-state index is 0.0393. The monoisotopic (exact) mass is 417 g/mol. The summed E-state index contributed by atoms with van der Waals surface area (Å²) in [6.07, 6.45) is 2.25. The maximum Gasteiger partial charge on any atom is 0.267 e. The normalized spacial score (nSPS) is 10.9. The molecule has 2 aromatic carbocycles. The van der Waals surface area contributed by atoms with E-state index in [0.717, 1.165) is 12.2 Å². The molecule has 0 radical (unpaired) electrons. The molecule has 7 heteroatoms. The fraction of sp³-hybridized carbons (Fsp3) is 0.208. The molecule has 1 N–H and O–H groups in total. The summed E-state index contributed by atoms with van der Waals surface area (Å²) in [5.74, 6) is 1.82. The van der Waals surface area contributed by atoms with Crippen molar-refractivity contribution in [2.75, 3.05) is 18.5 Å². The Labute approximate surface area is 180 Å². The van der Waals surface area contributed by atoms with Gasteiger partial charge in [-0.05, 0) is 49.8 Å². The number of anilines is 1. The molecule has 0 saturated carbocycles. The summed E-state index contributed by atoms with van der Waals surface area (Å²) in [6, 6.07) is 18.5. The maximum absolute atomic E-state index is 12.2. The number of carbonyl (C=O) groups excluding carboxylic acids is 1. The number of rotatable bonds is 9. The van der Waals surface area contributed by atoms with Gasteiger partial charge in [-0.15, -0.1) is 0 Å². The summed E-state index contributed by atoms with van der Waals surface area (Å²) in [5.41, 5.74) is 1.86. The summed E-state index contributed by atoms with van der Waals surface area (Å²) >= 11 is 0. The zero-order chi connectivity index (χ0) is 22.1. The molecular formula is C24H23N3O4. The van der Waals surface area contributed by atoms with Crippen molar-refractivity contribution >= 4 is 17.8 Å². The van der Waals surface area contributed by atoms with E-state index < -0.39 is 5.91 Å². The van der Waals surface area contributed by atoms with Gasteiger partial charge in [0.2, 0.25) is 0 Å². The number of nitriles is 1. The first-order chi connectivity index (χ1) is 15.0. The van der Waals surface area contributed by atoms with Crippen molar-refractivity contribution in [1.29, 1.82) is 5.26 Å². The first-order valence-electron chi connectivity index (χ1n) is 9.82. The van der Waals surface area contributed by atoms with Crippen LogP contribution in [0.2, 0.25) is 0 Å². The Morgan fingerprint density at radius 3 is 2.23 bits per heavy atom. The zero-order valence-corrected chi connectivity index (χ0v) is 17.4. The lowest BCUT2D eigenvalue weighted by Crippen LogP contribution is -2.13. The standard InChI is InChI=1S/C24H23N3O4/c1-17-4-8-21(9-5-17)29-12-3-13-30-22-10-6-19(7-11-22)15-20(16-25)24(28)26-23-14-18(2)31-27-23/h4-11,14-15H,3,12-13H2,1-2H3,(H,26,27,28)/b20-15-. The summed E-state index contributed by atoms with van der Waals surface area (Å²) in [6.45, 7) is 4.83. The Morgan fingerprint density at radius 2 is 1.68 bits per heavy atom. The number of amides is 1. The van der Waals surface area contributed by atoms with Crippen molar-refractivity contribution in [2.24, 2.45) is 0 Å². The van der Waals surface area contributed by atoms with E-state index in [2.05, 4.69) is 10.5 Å². The van der Waals surface area contributed by atoms with Crippen molar-refractivity contribution in [3.05, 3.63) is 77.1 Å². The summed E-state index contributed by atoms with van der Waals surface area (Å²) in [7, 11) is 0. The molecule has 0 fully saturated rings. The van der Waals surface area contributed by atoms with E-state index in [1.54, 1.807) is 37.3 Å². The molecule has 7 nitrogen and oxygen atoms in total. The van der Waals surface area contributed by atoms with Gasteiger partial charge in [0.25, 0.3) is 5.91 Å². The fourth-order valence-electron chi connectivity index (χ4n) is 2.66. The molecule has 0 atom stereocenters. The molecule has 3 rings (SSSR count). The number of benzene rings is 2. The van der Waals surface area contributed by atoms with Gasteiger partial charge in [0.05, 0.1) is 13.2 Å². The van der Waals surface area contributed by atoms with Crippen molar-refractivity contribution in [1.82, 2.24) is 5.16 Å². The van der Waals surface area contributed by atoms with Gasteiger partial charge in [-0.2, -0.15) is 5.26 Å². The number of ether oxygens (including phenoxy) is 2. The van der Waals surface area contributed by atoms with E-state index in [0.29, 0.717) is 30.3 Å². The third kappa shape index (κ3) is 6.75. The Kier molecular flexibility index (Phi) is 7.44. The Morgan fingerprint density at radius 1 is 1.06 bits per heavy atom. The van der Waals surface area contributed by atoms with Gasteiger partial charge in [0, 0.05) is 12.5 Å². The van der Waals surface area contributed by atoms with Gasteiger partial charge in [-0.25, -0.2) is 0 Å². The lowest BCUT2D eigenvalue weighted by Gasteiger charge is -2.08. The van der Waals surface area contributed by atoms with E-state index in [1.807, 2.05) is 37.3 Å². The molecule has 0 saturated heterocycles. The molecule has 0 spiro atoms. The average molecular weight is 417 g/mol. The Balaban J connectivity index is 1.46. The van der Waals surface area contributed by atoms with Gasteiger partial charge in [-0.3, -0.25) is 4.79 Å². The smallest absolute Gasteiger partial charge is 0.267 e. The van der Waals surface area contributed by atoms with Crippen LogP contribution in [-0.2, 0) is 4.79 Å². The molecule has 1 amide bonds. The number of aromatic nitrogens is 1. The van der Waals surface area contributed by atoms with E-state index in [9.17, 15) is 10.1 Å². The van der Waals surface area contributed by atoms with Gasteiger partial charge < -0.3 is 19.3 Å². The minimum Gasteiger partial charge on any atom is -0.493 e. The van der Waals surface area contributed by atoms with Crippen LogP contribution >= 0.6 is 0 Å². The van der Waals surface area contributed by atoms with Crippen LogP contribution in [0.4, 0.5) is 5.82 Å². The van der Waals surface area contributed by atoms with Crippen molar-refractivity contribution < 1.29 is 18.8 Å². The van der Waals surface area contributed by atoms with Crippen molar-refractivity contribution in [2.45, 2.75) is 20.3 Å². The lowest BCUT2D eigenvalue weighted by molar-refractivity contribution is -0.112.